The quantitative estimate of drug-likeness (QED) is 0.801. The summed E-state index contributed by atoms with van der Waals surface area (Å²) in [6, 6.07) is 10.4. The molecule has 0 amide bonds. The molecule has 0 aliphatic carbocycles. The molecule has 1 aromatic carbocycles. The molecule has 0 atom stereocenters. The second-order valence-electron chi connectivity index (χ2n) is 4.53. The van der Waals surface area contributed by atoms with E-state index in [2.05, 4.69) is 14.7 Å². The highest BCUT2D eigenvalue weighted by Crippen LogP contribution is 2.21. The van der Waals surface area contributed by atoms with Crippen molar-refractivity contribution in [3.63, 3.8) is 0 Å². The standard InChI is InChI=1S/C15H13N3O2S/c19-21(20,18-10-12-4-7-16-8-5-12)15-3-1-2-13-11-17-9-6-14(13)15/h1-9,11,18H,10H2. The highest BCUT2D eigenvalue weighted by molar-refractivity contribution is 7.89. The first-order chi connectivity index (χ1) is 10.2. The van der Waals surface area contributed by atoms with Gasteiger partial charge in [-0.3, -0.25) is 9.97 Å². The molecule has 21 heavy (non-hydrogen) atoms. The molecule has 3 rings (SSSR count). The molecular formula is C15H13N3O2S. The number of fused-ring (bicyclic) bond motifs is 1. The number of nitrogens with zero attached hydrogens (tertiary/aromatic N) is 2. The zero-order valence-electron chi connectivity index (χ0n) is 11.1. The van der Waals surface area contributed by atoms with E-state index in [0.29, 0.717) is 5.39 Å². The van der Waals surface area contributed by atoms with Crippen molar-refractivity contribution >= 4 is 20.8 Å². The molecule has 3 aromatic rings. The predicted octanol–water partition coefficient (Wildman–Crippen LogP) is 2.11. The van der Waals surface area contributed by atoms with Crippen LogP contribution in [-0.4, -0.2) is 18.4 Å². The van der Waals surface area contributed by atoms with Crippen LogP contribution in [0.25, 0.3) is 10.8 Å². The highest BCUT2D eigenvalue weighted by Gasteiger charge is 2.16. The minimum atomic E-state index is -3.58. The first kappa shape index (κ1) is 13.7. The summed E-state index contributed by atoms with van der Waals surface area (Å²) in [6.07, 6.45) is 6.50. The molecule has 5 nitrogen and oxygen atoms in total. The maximum atomic E-state index is 12.5. The zero-order valence-corrected chi connectivity index (χ0v) is 11.9. The molecule has 1 N–H and O–H groups in total. The first-order valence-electron chi connectivity index (χ1n) is 6.38. The van der Waals surface area contributed by atoms with Gasteiger partial charge in [0.25, 0.3) is 0 Å². The van der Waals surface area contributed by atoms with Crippen LogP contribution >= 0.6 is 0 Å². The number of pyridine rings is 2. The molecule has 0 unspecified atom stereocenters. The Bertz CT molecular complexity index is 859. The third kappa shape index (κ3) is 2.91. The Kier molecular flexibility index (Phi) is 3.64. The Balaban J connectivity index is 1.94. The number of hydrogen-bond acceptors (Lipinski definition) is 4. The summed E-state index contributed by atoms with van der Waals surface area (Å²) >= 11 is 0. The van der Waals surface area contributed by atoms with E-state index in [0.717, 1.165) is 10.9 Å². The Morgan fingerprint density at radius 3 is 2.52 bits per heavy atom. The molecule has 0 spiro atoms. The van der Waals surface area contributed by atoms with E-state index >= 15 is 0 Å². The lowest BCUT2D eigenvalue weighted by Gasteiger charge is -2.09. The molecule has 2 aromatic heterocycles. The van der Waals surface area contributed by atoms with Gasteiger partial charge >= 0.3 is 0 Å². The van der Waals surface area contributed by atoms with Gasteiger partial charge in [-0.2, -0.15) is 0 Å². The molecule has 0 saturated heterocycles. The number of nitrogens with one attached hydrogen (secondary N) is 1. The van der Waals surface area contributed by atoms with Crippen LogP contribution in [0.5, 0.6) is 0 Å². The van der Waals surface area contributed by atoms with Gasteiger partial charge in [-0.1, -0.05) is 12.1 Å². The van der Waals surface area contributed by atoms with Crippen LogP contribution < -0.4 is 4.72 Å². The van der Waals surface area contributed by atoms with Gasteiger partial charge in [0.05, 0.1) is 4.90 Å². The fourth-order valence-electron chi connectivity index (χ4n) is 2.08. The van der Waals surface area contributed by atoms with Crippen LogP contribution in [0.1, 0.15) is 5.56 Å². The van der Waals surface area contributed by atoms with Crippen molar-refractivity contribution in [2.24, 2.45) is 0 Å². The Labute approximate surface area is 122 Å². The van der Waals surface area contributed by atoms with Gasteiger partial charge in [-0.25, -0.2) is 13.1 Å². The minimum Gasteiger partial charge on any atom is -0.265 e. The second kappa shape index (κ2) is 5.59. The second-order valence-corrected chi connectivity index (χ2v) is 6.27. The van der Waals surface area contributed by atoms with Gasteiger partial charge in [-0.05, 0) is 29.8 Å². The monoisotopic (exact) mass is 299 g/mol. The third-order valence-corrected chi connectivity index (χ3v) is 4.61. The SMILES string of the molecule is O=S(=O)(NCc1ccncc1)c1cccc2cnccc12. The maximum Gasteiger partial charge on any atom is 0.241 e. The molecule has 0 fully saturated rings. The van der Waals surface area contributed by atoms with E-state index in [1.165, 1.54) is 0 Å². The van der Waals surface area contributed by atoms with Crippen molar-refractivity contribution in [2.45, 2.75) is 11.4 Å². The fraction of sp³-hybridized carbons (Fsp3) is 0.0667. The van der Waals surface area contributed by atoms with Gasteiger partial charge < -0.3 is 0 Å². The van der Waals surface area contributed by atoms with Crippen LogP contribution in [-0.2, 0) is 16.6 Å². The van der Waals surface area contributed by atoms with Crippen molar-refractivity contribution < 1.29 is 8.42 Å². The van der Waals surface area contributed by atoms with E-state index in [9.17, 15) is 8.42 Å². The summed E-state index contributed by atoms with van der Waals surface area (Å²) in [7, 11) is -3.58. The van der Waals surface area contributed by atoms with Crippen LogP contribution in [0.15, 0.2) is 66.1 Å². The summed E-state index contributed by atoms with van der Waals surface area (Å²) in [5, 5.41) is 1.46. The maximum absolute atomic E-state index is 12.5. The number of rotatable bonds is 4. The van der Waals surface area contributed by atoms with E-state index < -0.39 is 10.0 Å². The van der Waals surface area contributed by atoms with Gasteiger partial charge in [0.2, 0.25) is 10.0 Å². The smallest absolute Gasteiger partial charge is 0.241 e. The highest BCUT2D eigenvalue weighted by atomic mass is 32.2. The number of aromatic nitrogens is 2. The molecule has 0 aliphatic rings. The molecule has 6 heteroatoms. The topological polar surface area (TPSA) is 72.0 Å². The van der Waals surface area contributed by atoms with Crippen molar-refractivity contribution in [3.05, 3.63) is 66.7 Å². The van der Waals surface area contributed by atoms with Gasteiger partial charge in [0, 0.05) is 42.1 Å². The van der Waals surface area contributed by atoms with Crippen LogP contribution in [0.2, 0.25) is 0 Å². The molecule has 0 saturated carbocycles. The van der Waals surface area contributed by atoms with Crippen LogP contribution in [0.4, 0.5) is 0 Å². The van der Waals surface area contributed by atoms with Crippen molar-refractivity contribution in [3.8, 4) is 0 Å². The van der Waals surface area contributed by atoms with E-state index in [-0.39, 0.29) is 11.4 Å². The molecule has 0 bridgehead atoms. The summed E-state index contributed by atoms with van der Waals surface area (Å²) < 4.78 is 27.6. The van der Waals surface area contributed by atoms with E-state index in [1.54, 1.807) is 55.1 Å². The van der Waals surface area contributed by atoms with Gasteiger partial charge in [0.15, 0.2) is 0 Å². The summed E-state index contributed by atoms with van der Waals surface area (Å²) in [5.74, 6) is 0. The molecule has 0 aliphatic heterocycles. The lowest BCUT2D eigenvalue weighted by Crippen LogP contribution is -2.23. The third-order valence-electron chi connectivity index (χ3n) is 3.15. The zero-order chi connectivity index (χ0) is 14.7. The summed E-state index contributed by atoms with van der Waals surface area (Å²) in [6.45, 7) is 0.228. The number of sulfonamides is 1. The molecule has 2 heterocycles. The predicted molar refractivity (Wildman–Crippen MR) is 80.0 cm³/mol. The lowest BCUT2D eigenvalue weighted by molar-refractivity contribution is 0.582. The van der Waals surface area contributed by atoms with Gasteiger partial charge in [-0.15, -0.1) is 0 Å². The summed E-state index contributed by atoms with van der Waals surface area (Å²) in [5.41, 5.74) is 0.857. The van der Waals surface area contributed by atoms with Crippen LogP contribution in [0, 0.1) is 0 Å². The average Bonchev–Trinajstić information content (AvgIpc) is 2.53. The van der Waals surface area contributed by atoms with Crippen LogP contribution in [0.3, 0.4) is 0 Å². The largest absolute Gasteiger partial charge is 0.265 e. The normalized spacial score (nSPS) is 11.6. The van der Waals surface area contributed by atoms with E-state index in [4.69, 9.17) is 0 Å². The first-order valence-corrected chi connectivity index (χ1v) is 7.86. The Hall–Kier alpha value is -2.31. The molecule has 0 radical (unpaired) electrons. The Morgan fingerprint density at radius 2 is 1.71 bits per heavy atom. The number of benzene rings is 1. The van der Waals surface area contributed by atoms with Crippen molar-refractivity contribution in [1.29, 1.82) is 0 Å². The van der Waals surface area contributed by atoms with Crippen molar-refractivity contribution in [1.82, 2.24) is 14.7 Å². The molecular weight excluding hydrogens is 286 g/mol. The molecule has 106 valence electrons. The number of hydrogen-bond donors (Lipinski definition) is 1. The fourth-order valence-corrected chi connectivity index (χ4v) is 3.33. The van der Waals surface area contributed by atoms with E-state index in [1.807, 2.05) is 6.07 Å². The average molecular weight is 299 g/mol. The lowest BCUT2D eigenvalue weighted by atomic mass is 10.2. The minimum absolute atomic E-state index is 0.228. The van der Waals surface area contributed by atoms with Crippen molar-refractivity contribution in [2.75, 3.05) is 0 Å². The summed E-state index contributed by atoms with van der Waals surface area (Å²) in [4.78, 5) is 8.17. The van der Waals surface area contributed by atoms with Gasteiger partial charge in [0.1, 0.15) is 0 Å². The Morgan fingerprint density at radius 1 is 0.952 bits per heavy atom.